The van der Waals surface area contributed by atoms with Crippen molar-refractivity contribution in [1.29, 1.82) is 0 Å². The van der Waals surface area contributed by atoms with E-state index in [-0.39, 0.29) is 12.5 Å². The molecule has 0 unspecified atom stereocenters. The van der Waals surface area contributed by atoms with Gasteiger partial charge in [0, 0.05) is 37.9 Å². The highest BCUT2D eigenvalue weighted by Gasteiger charge is 2.22. The van der Waals surface area contributed by atoms with Gasteiger partial charge in [-0.1, -0.05) is 0 Å². The van der Waals surface area contributed by atoms with Crippen LogP contribution in [0.25, 0.3) is 0 Å². The van der Waals surface area contributed by atoms with E-state index in [9.17, 15) is 19.2 Å². The molecule has 2 rings (SSSR count). The number of rotatable bonds is 9. The zero-order chi connectivity index (χ0) is 20.5. The van der Waals surface area contributed by atoms with Crippen molar-refractivity contribution in [3.63, 3.8) is 0 Å². The Bertz CT molecular complexity index is 719. The Hall–Kier alpha value is -2.94. The smallest absolute Gasteiger partial charge is 0.326 e. The molecule has 3 amide bonds. The number of hydrogen-bond donors (Lipinski definition) is 2. The van der Waals surface area contributed by atoms with Gasteiger partial charge in [-0.25, -0.2) is 0 Å². The molecule has 2 N–H and O–H groups in total. The van der Waals surface area contributed by atoms with Gasteiger partial charge in [-0.3, -0.25) is 19.2 Å². The summed E-state index contributed by atoms with van der Waals surface area (Å²) in [4.78, 5) is 49.1. The minimum absolute atomic E-state index is 0.0697. The number of ether oxygens (including phenoxy) is 2. The van der Waals surface area contributed by atoms with Crippen molar-refractivity contribution in [2.24, 2.45) is 0 Å². The highest BCUT2D eigenvalue weighted by molar-refractivity contribution is 5.98. The number of esters is 1. The lowest BCUT2D eigenvalue weighted by Crippen LogP contribution is -2.39. The molecule has 0 radical (unpaired) electrons. The third-order valence-corrected chi connectivity index (χ3v) is 4.19. The molecule has 1 heterocycles. The molecule has 0 spiro atoms. The van der Waals surface area contributed by atoms with Crippen molar-refractivity contribution < 1.29 is 28.7 Å². The van der Waals surface area contributed by atoms with Gasteiger partial charge in [-0.2, -0.15) is 0 Å². The van der Waals surface area contributed by atoms with E-state index < -0.39 is 23.9 Å². The number of nitrogens with zero attached hydrogens (tertiary/aromatic N) is 1. The fraction of sp³-hybridized carbons (Fsp3) is 0.474. The van der Waals surface area contributed by atoms with Gasteiger partial charge in [-0.15, -0.1) is 0 Å². The van der Waals surface area contributed by atoms with Crippen molar-refractivity contribution in [3.8, 4) is 0 Å². The molecule has 9 nitrogen and oxygen atoms in total. The highest BCUT2D eigenvalue weighted by atomic mass is 16.5. The molecule has 0 saturated carbocycles. The normalized spacial score (nSPS) is 14.5. The Labute approximate surface area is 163 Å². The maximum absolute atomic E-state index is 12.1. The summed E-state index contributed by atoms with van der Waals surface area (Å²) in [6.45, 7) is 2.43. The van der Waals surface area contributed by atoms with Gasteiger partial charge in [0.2, 0.25) is 5.91 Å². The topological polar surface area (TPSA) is 114 Å². The van der Waals surface area contributed by atoms with Crippen LogP contribution >= 0.6 is 0 Å². The standard InChI is InChI=1S/C19H25N3O6/c1-13(18(25)20-9-11-27-2)28-17(24)12-21-19(26)14-5-7-15(8-6-14)22-10-3-4-16(22)23/h5-8,13H,3-4,9-12H2,1-2H3,(H,20,25)(H,21,26)/t13-/m0/s1. The summed E-state index contributed by atoms with van der Waals surface area (Å²) in [6, 6.07) is 6.58. The van der Waals surface area contributed by atoms with Crippen LogP contribution in [0.15, 0.2) is 24.3 Å². The maximum atomic E-state index is 12.1. The van der Waals surface area contributed by atoms with Crippen LogP contribution in [-0.4, -0.2) is 63.1 Å². The predicted octanol–water partition coefficient (Wildman–Crippen LogP) is 0.238. The van der Waals surface area contributed by atoms with Gasteiger partial charge < -0.3 is 25.0 Å². The van der Waals surface area contributed by atoms with Crippen LogP contribution in [0.5, 0.6) is 0 Å². The minimum atomic E-state index is -0.974. The summed E-state index contributed by atoms with van der Waals surface area (Å²) >= 11 is 0. The van der Waals surface area contributed by atoms with Crippen molar-refractivity contribution in [2.45, 2.75) is 25.9 Å². The molecular formula is C19H25N3O6. The molecule has 1 aliphatic rings. The first-order chi connectivity index (χ1) is 13.4. The molecule has 1 aromatic carbocycles. The largest absolute Gasteiger partial charge is 0.451 e. The average Bonchev–Trinajstić information content (AvgIpc) is 3.12. The van der Waals surface area contributed by atoms with Gasteiger partial charge in [0.1, 0.15) is 6.54 Å². The monoisotopic (exact) mass is 391 g/mol. The molecule has 152 valence electrons. The summed E-state index contributed by atoms with van der Waals surface area (Å²) in [6.07, 6.45) is 0.387. The Morgan fingerprint density at radius 2 is 1.89 bits per heavy atom. The zero-order valence-corrected chi connectivity index (χ0v) is 16.0. The van der Waals surface area contributed by atoms with Gasteiger partial charge >= 0.3 is 5.97 Å². The highest BCUT2D eigenvalue weighted by Crippen LogP contribution is 2.21. The minimum Gasteiger partial charge on any atom is -0.451 e. The second-order valence-electron chi connectivity index (χ2n) is 6.29. The van der Waals surface area contributed by atoms with Crippen molar-refractivity contribution in [2.75, 3.05) is 38.3 Å². The lowest BCUT2D eigenvalue weighted by molar-refractivity contribution is -0.153. The van der Waals surface area contributed by atoms with Crippen LogP contribution < -0.4 is 15.5 Å². The van der Waals surface area contributed by atoms with E-state index >= 15 is 0 Å². The third-order valence-electron chi connectivity index (χ3n) is 4.19. The van der Waals surface area contributed by atoms with Crippen LogP contribution in [0.2, 0.25) is 0 Å². The number of carbonyl (C=O) groups excluding carboxylic acids is 4. The number of hydrogen-bond acceptors (Lipinski definition) is 6. The van der Waals surface area contributed by atoms with Crippen molar-refractivity contribution >= 4 is 29.4 Å². The summed E-state index contributed by atoms with van der Waals surface area (Å²) < 4.78 is 9.79. The summed E-state index contributed by atoms with van der Waals surface area (Å²) in [5.41, 5.74) is 1.10. The van der Waals surface area contributed by atoms with Crippen LogP contribution in [0.4, 0.5) is 5.69 Å². The Kier molecular flexibility index (Phi) is 7.94. The SMILES string of the molecule is COCCNC(=O)[C@H](C)OC(=O)CNC(=O)c1ccc(N2CCCC2=O)cc1. The number of nitrogens with one attached hydrogen (secondary N) is 2. The van der Waals surface area contributed by atoms with E-state index in [4.69, 9.17) is 9.47 Å². The number of anilines is 1. The van der Waals surface area contributed by atoms with Gasteiger partial charge in [-0.05, 0) is 37.6 Å². The number of benzene rings is 1. The molecule has 1 fully saturated rings. The molecule has 1 saturated heterocycles. The molecule has 1 aliphatic heterocycles. The van der Waals surface area contributed by atoms with E-state index in [1.807, 2.05) is 0 Å². The van der Waals surface area contributed by atoms with Crippen LogP contribution in [0, 0.1) is 0 Å². The Morgan fingerprint density at radius 3 is 2.50 bits per heavy atom. The fourth-order valence-electron chi connectivity index (χ4n) is 2.68. The lowest BCUT2D eigenvalue weighted by atomic mass is 10.2. The second kappa shape index (κ2) is 10.4. The first-order valence-corrected chi connectivity index (χ1v) is 9.07. The summed E-state index contributed by atoms with van der Waals surface area (Å²) in [7, 11) is 1.51. The van der Waals surface area contributed by atoms with E-state index in [0.29, 0.717) is 31.7 Å². The first kappa shape index (κ1) is 21.4. The van der Waals surface area contributed by atoms with E-state index in [1.54, 1.807) is 29.2 Å². The van der Waals surface area contributed by atoms with Crippen LogP contribution in [0.3, 0.4) is 0 Å². The van der Waals surface area contributed by atoms with Crippen molar-refractivity contribution in [1.82, 2.24) is 10.6 Å². The van der Waals surface area contributed by atoms with E-state index in [1.165, 1.54) is 14.0 Å². The fourth-order valence-corrected chi connectivity index (χ4v) is 2.68. The molecule has 28 heavy (non-hydrogen) atoms. The third kappa shape index (κ3) is 6.05. The number of amides is 3. The predicted molar refractivity (Wildman–Crippen MR) is 101 cm³/mol. The molecular weight excluding hydrogens is 366 g/mol. The van der Waals surface area contributed by atoms with E-state index in [0.717, 1.165) is 12.1 Å². The van der Waals surface area contributed by atoms with Gasteiger partial charge in [0.15, 0.2) is 6.10 Å². The quantitative estimate of drug-likeness (QED) is 0.460. The van der Waals surface area contributed by atoms with Crippen LogP contribution in [0.1, 0.15) is 30.1 Å². The maximum Gasteiger partial charge on any atom is 0.326 e. The Balaban J connectivity index is 1.77. The van der Waals surface area contributed by atoms with E-state index in [2.05, 4.69) is 10.6 Å². The summed E-state index contributed by atoms with van der Waals surface area (Å²) in [5, 5.41) is 5.00. The van der Waals surface area contributed by atoms with Gasteiger partial charge in [0.05, 0.1) is 6.61 Å². The Morgan fingerprint density at radius 1 is 1.18 bits per heavy atom. The molecule has 0 aliphatic carbocycles. The number of methoxy groups -OCH3 is 1. The first-order valence-electron chi connectivity index (χ1n) is 9.07. The van der Waals surface area contributed by atoms with Crippen LogP contribution in [-0.2, 0) is 23.9 Å². The van der Waals surface area contributed by atoms with Crippen molar-refractivity contribution in [3.05, 3.63) is 29.8 Å². The summed E-state index contributed by atoms with van der Waals surface area (Å²) in [5.74, 6) is -1.54. The molecule has 1 aromatic rings. The molecule has 9 heteroatoms. The molecule has 1 atom stereocenters. The molecule has 0 bridgehead atoms. The zero-order valence-electron chi connectivity index (χ0n) is 16.0. The average molecular weight is 391 g/mol. The number of carbonyl (C=O) groups is 4. The second-order valence-corrected chi connectivity index (χ2v) is 6.29. The van der Waals surface area contributed by atoms with Gasteiger partial charge in [0.25, 0.3) is 11.8 Å². The lowest BCUT2D eigenvalue weighted by Gasteiger charge is -2.16. The molecule has 0 aromatic heterocycles.